The number of nitrogens with one attached hydrogen (secondary N) is 2. The van der Waals surface area contributed by atoms with Crippen LogP contribution in [0.25, 0.3) is 11.0 Å². The van der Waals surface area contributed by atoms with Gasteiger partial charge in [0.2, 0.25) is 5.95 Å². The van der Waals surface area contributed by atoms with E-state index in [0.29, 0.717) is 22.7 Å². The van der Waals surface area contributed by atoms with Gasteiger partial charge in [-0.05, 0) is 37.3 Å². The number of aryl methyl sites for hydroxylation is 1. The Labute approximate surface area is 176 Å². The van der Waals surface area contributed by atoms with Gasteiger partial charge in [-0.25, -0.2) is 27.2 Å². The van der Waals surface area contributed by atoms with Crippen molar-refractivity contribution in [1.82, 2.24) is 25.1 Å². The van der Waals surface area contributed by atoms with Crippen LogP contribution in [0.15, 0.2) is 41.4 Å². The summed E-state index contributed by atoms with van der Waals surface area (Å²) in [5.41, 5.74) is 0.857. The number of rotatable bonds is 5. The fourth-order valence-corrected chi connectivity index (χ4v) is 3.61. The minimum atomic E-state index is -3.60. The summed E-state index contributed by atoms with van der Waals surface area (Å²) in [6.07, 6.45) is 2.46. The van der Waals surface area contributed by atoms with Crippen LogP contribution in [0, 0.1) is 18.6 Å². The molecule has 160 valence electrons. The average molecular weight is 445 g/mol. The lowest BCUT2D eigenvalue weighted by Crippen LogP contribution is -2.13. The van der Waals surface area contributed by atoms with Crippen LogP contribution in [0.1, 0.15) is 5.69 Å². The second-order valence-corrected chi connectivity index (χ2v) is 8.88. The summed E-state index contributed by atoms with van der Waals surface area (Å²) < 4.78 is 51.3. The Kier molecular flexibility index (Phi) is 5.01. The highest BCUT2D eigenvalue weighted by molar-refractivity contribution is 7.90. The summed E-state index contributed by atoms with van der Waals surface area (Å²) in [7, 11) is -1.91. The Balaban J connectivity index is 1.67. The van der Waals surface area contributed by atoms with Crippen LogP contribution in [0.4, 0.5) is 32.1 Å². The molecule has 0 spiro atoms. The number of pyridine rings is 1. The third-order valence-electron chi connectivity index (χ3n) is 4.52. The predicted octanol–water partition coefficient (Wildman–Crippen LogP) is 3.25. The fraction of sp³-hybridized carbons (Fsp3) is 0.158. The number of hydrogen-bond donors (Lipinski definition) is 2. The monoisotopic (exact) mass is 445 g/mol. The van der Waals surface area contributed by atoms with Gasteiger partial charge in [0, 0.05) is 25.2 Å². The van der Waals surface area contributed by atoms with Gasteiger partial charge in [0.15, 0.2) is 21.3 Å². The van der Waals surface area contributed by atoms with Crippen LogP contribution in [0.3, 0.4) is 0 Å². The molecule has 0 saturated carbocycles. The van der Waals surface area contributed by atoms with Crippen molar-refractivity contribution in [3.05, 3.63) is 53.9 Å². The van der Waals surface area contributed by atoms with Gasteiger partial charge < -0.3 is 10.2 Å². The van der Waals surface area contributed by atoms with Crippen LogP contribution >= 0.6 is 0 Å². The first-order chi connectivity index (χ1) is 14.6. The summed E-state index contributed by atoms with van der Waals surface area (Å²) in [5.74, 6) is -0.259. The van der Waals surface area contributed by atoms with E-state index in [2.05, 4.69) is 30.5 Å². The number of nitrogens with zero attached hydrogens (tertiary/aromatic N) is 5. The third kappa shape index (κ3) is 4.14. The molecule has 0 atom stereocenters. The molecule has 2 N–H and O–H groups in total. The van der Waals surface area contributed by atoms with Crippen LogP contribution < -0.4 is 10.2 Å². The smallest absolute Gasteiger partial charge is 0.229 e. The lowest BCUT2D eigenvalue weighted by molar-refractivity contribution is 0.596. The summed E-state index contributed by atoms with van der Waals surface area (Å²) >= 11 is 0. The van der Waals surface area contributed by atoms with E-state index in [4.69, 9.17) is 0 Å². The molecule has 0 unspecified atom stereocenters. The number of halogens is 2. The number of aromatic amines is 1. The first-order valence-electron chi connectivity index (χ1n) is 8.97. The van der Waals surface area contributed by atoms with Gasteiger partial charge in [0.1, 0.15) is 17.5 Å². The molecule has 4 rings (SSSR count). The second kappa shape index (κ2) is 7.54. The minimum absolute atomic E-state index is 0.106. The summed E-state index contributed by atoms with van der Waals surface area (Å²) in [6.45, 7) is 1.56. The van der Waals surface area contributed by atoms with E-state index in [1.807, 2.05) is 0 Å². The highest BCUT2D eigenvalue weighted by Crippen LogP contribution is 2.29. The van der Waals surface area contributed by atoms with E-state index < -0.39 is 21.5 Å². The predicted molar refractivity (Wildman–Crippen MR) is 111 cm³/mol. The molecule has 0 bridgehead atoms. The summed E-state index contributed by atoms with van der Waals surface area (Å²) in [5, 5.41) is 10.2. The van der Waals surface area contributed by atoms with Gasteiger partial charge in [-0.2, -0.15) is 10.1 Å². The number of benzene rings is 1. The van der Waals surface area contributed by atoms with Crippen LogP contribution in [-0.4, -0.2) is 46.9 Å². The van der Waals surface area contributed by atoms with E-state index >= 15 is 0 Å². The van der Waals surface area contributed by atoms with E-state index in [0.717, 1.165) is 18.4 Å². The maximum atomic E-state index is 14.0. The molecule has 9 nitrogen and oxygen atoms in total. The van der Waals surface area contributed by atoms with E-state index in [-0.39, 0.29) is 22.2 Å². The molecule has 31 heavy (non-hydrogen) atoms. The van der Waals surface area contributed by atoms with E-state index in [1.54, 1.807) is 24.9 Å². The molecule has 3 heterocycles. The maximum Gasteiger partial charge on any atom is 0.229 e. The van der Waals surface area contributed by atoms with Crippen molar-refractivity contribution in [2.24, 2.45) is 0 Å². The van der Waals surface area contributed by atoms with Crippen molar-refractivity contribution in [3.8, 4) is 0 Å². The zero-order valence-electron chi connectivity index (χ0n) is 16.7. The highest BCUT2D eigenvalue weighted by Gasteiger charge is 2.17. The number of hydrogen-bond acceptors (Lipinski definition) is 8. The molecule has 0 amide bonds. The number of fused-ring (bicyclic) bond motifs is 1. The molecule has 0 aliphatic carbocycles. The molecule has 1 aromatic carbocycles. The molecule has 0 aliphatic heterocycles. The number of aromatic nitrogens is 5. The van der Waals surface area contributed by atoms with Gasteiger partial charge in [-0.15, -0.1) is 0 Å². The fourth-order valence-electron chi connectivity index (χ4n) is 2.94. The lowest BCUT2D eigenvalue weighted by Gasteiger charge is -2.16. The van der Waals surface area contributed by atoms with Gasteiger partial charge >= 0.3 is 0 Å². The quantitative estimate of drug-likeness (QED) is 0.481. The molecular formula is C19H17F2N7O2S. The van der Waals surface area contributed by atoms with E-state index in [9.17, 15) is 17.2 Å². The lowest BCUT2D eigenvalue weighted by atomic mass is 10.2. The van der Waals surface area contributed by atoms with Crippen molar-refractivity contribution >= 4 is 44.1 Å². The number of sulfone groups is 1. The second-order valence-electron chi connectivity index (χ2n) is 6.87. The van der Waals surface area contributed by atoms with Gasteiger partial charge in [0.25, 0.3) is 0 Å². The van der Waals surface area contributed by atoms with Crippen LogP contribution in [0.5, 0.6) is 0 Å². The average Bonchev–Trinajstić information content (AvgIpc) is 3.09. The number of anilines is 4. The molecule has 0 aliphatic rings. The Morgan fingerprint density at radius 3 is 2.65 bits per heavy atom. The zero-order valence-corrected chi connectivity index (χ0v) is 17.5. The van der Waals surface area contributed by atoms with Crippen molar-refractivity contribution < 1.29 is 17.2 Å². The van der Waals surface area contributed by atoms with Crippen molar-refractivity contribution in [1.29, 1.82) is 0 Å². The first-order valence-corrected chi connectivity index (χ1v) is 10.9. The Hall–Kier alpha value is -3.67. The molecule has 0 saturated heterocycles. The SMILES string of the molecule is Cc1nc2[nH]nc(N(C)c3ccnc(Nc4cc(F)cc(S(C)(=O)=O)c4)n3)c2cc1F. The maximum absolute atomic E-state index is 14.0. The summed E-state index contributed by atoms with van der Waals surface area (Å²) in [4.78, 5) is 14.0. The first kappa shape index (κ1) is 20.6. The normalized spacial score (nSPS) is 11.6. The highest BCUT2D eigenvalue weighted by atomic mass is 32.2. The molecular weight excluding hydrogens is 428 g/mol. The Morgan fingerprint density at radius 2 is 1.90 bits per heavy atom. The van der Waals surface area contributed by atoms with Crippen LogP contribution in [0.2, 0.25) is 0 Å². The zero-order chi connectivity index (χ0) is 22.3. The van der Waals surface area contributed by atoms with Gasteiger partial charge in [-0.1, -0.05) is 0 Å². The van der Waals surface area contributed by atoms with Crippen molar-refractivity contribution in [2.75, 3.05) is 23.5 Å². The van der Waals surface area contributed by atoms with Crippen molar-refractivity contribution in [3.63, 3.8) is 0 Å². The van der Waals surface area contributed by atoms with Crippen molar-refractivity contribution in [2.45, 2.75) is 11.8 Å². The standard InChI is InChI=1S/C19H17F2N7O2S/c1-10-15(21)9-14-17(23-10)26-27-18(14)28(2)16-4-5-22-19(25-16)24-12-6-11(20)7-13(8-12)31(3,29)30/h4-9H,1-3H3,(H,22,24,25)(H,23,26,27). The van der Waals surface area contributed by atoms with Crippen LogP contribution in [-0.2, 0) is 9.84 Å². The molecule has 4 aromatic rings. The molecule has 3 aromatic heterocycles. The number of H-pyrrole nitrogens is 1. The molecule has 0 fully saturated rings. The third-order valence-corrected chi connectivity index (χ3v) is 5.61. The minimum Gasteiger partial charge on any atom is -0.324 e. The van der Waals surface area contributed by atoms with Gasteiger partial charge in [-0.3, -0.25) is 5.10 Å². The molecule has 12 heteroatoms. The van der Waals surface area contributed by atoms with Gasteiger partial charge in [0.05, 0.1) is 16.0 Å². The summed E-state index contributed by atoms with van der Waals surface area (Å²) in [6, 6.07) is 6.30. The Morgan fingerprint density at radius 1 is 1.13 bits per heavy atom. The molecule has 0 radical (unpaired) electrons. The largest absolute Gasteiger partial charge is 0.324 e. The topological polar surface area (TPSA) is 117 Å². The van der Waals surface area contributed by atoms with E-state index in [1.165, 1.54) is 18.3 Å². The Bertz CT molecular complexity index is 1410.